The molecule has 0 spiro atoms. The van der Waals surface area contributed by atoms with Crippen molar-refractivity contribution in [2.45, 2.75) is 57.9 Å². The van der Waals surface area contributed by atoms with E-state index in [4.69, 9.17) is 5.11 Å². The first-order chi connectivity index (χ1) is 11.0. The molecule has 0 atom stereocenters. The Bertz CT molecular complexity index is 519. The van der Waals surface area contributed by atoms with Crippen molar-refractivity contribution in [2.75, 3.05) is 6.54 Å². The minimum Gasteiger partial charge on any atom is -0.481 e. The van der Waals surface area contributed by atoms with Gasteiger partial charge in [-0.3, -0.25) is 9.59 Å². The van der Waals surface area contributed by atoms with Crippen LogP contribution in [0.25, 0.3) is 0 Å². The lowest BCUT2D eigenvalue weighted by Crippen LogP contribution is -2.43. The van der Waals surface area contributed by atoms with Gasteiger partial charge in [-0.15, -0.1) is 0 Å². The van der Waals surface area contributed by atoms with Crippen LogP contribution in [0, 0.1) is 5.92 Å². The fraction of sp³-hybridized carbons (Fsp3) is 0.579. The minimum absolute atomic E-state index is 0.0171. The Morgan fingerprint density at radius 1 is 1.13 bits per heavy atom. The summed E-state index contributed by atoms with van der Waals surface area (Å²) in [4.78, 5) is 25.3. The molecule has 2 rings (SSSR count). The Morgan fingerprint density at radius 2 is 1.74 bits per heavy atom. The van der Waals surface area contributed by atoms with Crippen molar-refractivity contribution < 1.29 is 14.7 Å². The Labute approximate surface area is 138 Å². The molecular formula is C19H27NO3. The number of benzene rings is 1. The lowest BCUT2D eigenvalue weighted by atomic mass is 9.78. The maximum Gasteiger partial charge on any atom is 0.305 e. The molecule has 4 heteroatoms. The van der Waals surface area contributed by atoms with Crippen LogP contribution < -0.4 is 0 Å². The molecule has 0 radical (unpaired) electrons. The van der Waals surface area contributed by atoms with Gasteiger partial charge in [0.15, 0.2) is 0 Å². The summed E-state index contributed by atoms with van der Waals surface area (Å²) in [6.45, 7) is 4.22. The molecule has 1 amide bonds. The van der Waals surface area contributed by atoms with Crippen LogP contribution in [0.1, 0.15) is 57.4 Å². The molecule has 0 bridgehead atoms. The second kappa shape index (κ2) is 8.14. The molecule has 4 nitrogen and oxygen atoms in total. The first-order valence-electron chi connectivity index (χ1n) is 8.56. The molecule has 0 heterocycles. The van der Waals surface area contributed by atoms with Crippen LogP contribution >= 0.6 is 0 Å². The fourth-order valence-electron chi connectivity index (χ4n) is 3.47. The summed E-state index contributed by atoms with van der Waals surface area (Å²) in [5.74, 6) is -0.123. The highest BCUT2D eigenvalue weighted by Crippen LogP contribution is 2.36. The lowest BCUT2D eigenvalue weighted by Gasteiger charge is -2.34. The number of carbonyl (C=O) groups is 2. The Hall–Kier alpha value is -1.84. The van der Waals surface area contributed by atoms with Crippen LogP contribution in [0.2, 0.25) is 0 Å². The van der Waals surface area contributed by atoms with Crippen molar-refractivity contribution in [1.82, 2.24) is 4.90 Å². The molecule has 0 aromatic heterocycles. The third-order valence-corrected chi connectivity index (χ3v) is 4.82. The highest BCUT2D eigenvalue weighted by atomic mass is 16.4. The third kappa shape index (κ3) is 4.81. The van der Waals surface area contributed by atoms with Crippen LogP contribution in [-0.4, -0.2) is 34.5 Å². The van der Waals surface area contributed by atoms with Crippen LogP contribution in [0.5, 0.6) is 0 Å². The number of carbonyl (C=O) groups excluding carboxylic acids is 1. The van der Waals surface area contributed by atoms with Crippen LogP contribution in [0.3, 0.4) is 0 Å². The molecule has 1 aliphatic rings. The third-order valence-electron chi connectivity index (χ3n) is 4.82. The number of hydrogen-bond acceptors (Lipinski definition) is 2. The van der Waals surface area contributed by atoms with Gasteiger partial charge in [-0.2, -0.15) is 0 Å². The van der Waals surface area contributed by atoms with Crippen molar-refractivity contribution in [1.29, 1.82) is 0 Å². The van der Waals surface area contributed by atoms with E-state index in [9.17, 15) is 9.59 Å². The Balaban J connectivity index is 1.92. The summed E-state index contributed by atoms with van der Waals surface area (Å²) < 4.78 is 0. The van der Waals surface area contributed by atoms with Gasteiger partial charge in [-0.1, -0.05) is 30.3 Å². The number of aliphatic carboxylic acids is 1. The van der Waals surface area contributed by atoms with Crippen LogP contribution in [0.4, 0.5) is 0 Å². The molecule has 0 aliphatic heterocycles. The molecule has 126 valence electrons. The molecule has 1 saturated carbocycles. The van der Waals surface area contributed by atoms with Crippen LogP contribution in [-0.2, 0) is 9.59 Å². The van der Waals surface area contributed by atoms with Crippen LogP contribution in [0.15, 0.2) is 30.3 Å². The molecule has 0 unspecified atom stereocenters. The van der Waals surface area contributed by atoms with Gasteiger partial charge < -0.3 is 10.0 Å². The number of carboxylic acid groups (broad SMARTS) is 1. The zero-order valence-corrected chi connectivity index (χ0v) is 14.1. The van der Waals surface area contributed by atoms with Gasteiger partial charge in [0.2, 0.25) is 5.91 Å². The fourth-order valence-corrected chi connectivity index (χ4v) is 3.47. The van der Waals surface area contributed by atoms with E-state index in [0.29, 0.717) is 12.5 Å². The second-order valence-corrected chi connectivity index (χ2v) is 6.73. The Morgan fingerprint density at radius 3 is 2.26 bits per heavy atom. The summed E-state index contributed by atoms with van der Waals surface area (Å²) in [6, 6.07) is 10.5. The topological polar surface area (TPSA) is 57.6 Å². The van der Waals surface area contributed by atoms with Gasteiger partial charge in [0.1, 0.15) is 0 Å². The molecule has 0 saturated heterocycles. The van der Waals surface area contributed by atoms with Crippen molar-refractivity contribution in [3.63, 3.8) is 0 Å². The van der Waals surface area contributed by atoms with E-state index in [2.05, 4.69) is 24.3 Å². The zero-order chi connectivity index (χ0) is 16.8. The molecule has 1 aromatic carbocycles. The monoisotopic (exact) mass is 317 g/mol. The average molecular weight is 317 g/mol. The summed E-state index contributed by atoms with van der Waals surface area (Å²) in [5.41, 5.74) is 1.37. The maximum absolute atomic E-state index is 12.7. The van der Waals surface area contributed by atoms with Gasteiger partial charge in [-0.05, 0) is 51.0 Å². The summed E-state index contributed by atoms with van der Waals surface area (Å²) >= 11 is 0. The normalized spacial score (nSPS) is 21.2. The molecule has 1 fully saturated rings. The quantitative estimate of drug-likeness (QED) is 0.871. The standard InChI is InChI=1S/C19H27NO3/c1-14(2)20(13-12-18(21)22)19(23)17-10-8-16(9-11-17)15-6-4-3-5-7-15/h3-7,14,16-17H,8-13H2,1-2H3,(H,21,22). The van der Waals surface area contributed by atoms with Crippen molar-refractivity contribution in [3.8, 4) is 0 Å². The molecule has 1 N–H and O–H groups in total. The van der Waals surface area contributed by atoms with Gasteiger partial charge in [0.25, 0.3) is 0 Å². The lowest BCUT2D eigenvalue weighted by molar-refractivity contribution is -0.141. The number of nitrogens with zero attached hydrogens (tertiary/aromatic N) is 1. The molecule has 1 aromatic rings. The summed E-state index contributed by atoms with van der Waals surface area (Å²) in [5, 5.41) is 8.86. The predicted octanol–water partition coefficient (Wildman–Crippen LogP) is 3.67. The van der Waals surface area contributed by atoms with Gasteiger partial charge in [0.05, 0.1) is 6.42 Å². The van der Waals surface area contributed by atoms with Gasteiger partial charge in [-0.25, -0.2) is 0 Å². The average Bonchev–Trinajstić information content (AvgIpc) is 2.55. The first kappa shape index (κ1) is 17.5. The zero-order valence-electron chi connectivity index (χ0n) is 14.1. The SMILES string of the molecule is CC(C)N(CCC(=O)O)C(=O)C1CCC(c2ccccc2)CC1. The number of rotatable bonds is 6. The second-order valence-electron chi connectivity index (χ2n) is 6.73. The molecule has 23 heavy (non-hydrogen) atoms. The first-order valence-corrected chi connectivity index (χ1v) is 8.56. The smallest absolute Gasteiger partial charge is 0.305 e. The highest BCUT2D eigenvalue weighted by molar-refractivity contribution is 5.80. The minimum atomic E-state index is -0.851. The molecular weight excluding hydrogens is 290 g/mol. The number of carboxylic acids is 1. The van der Waals surface area contributed by atoms with E-state index in [0.717, 1.165) is 25.7 Å². The Kier molecular flexibility index (Phi) is 6.20. The number of hydrogen-bond donors (Lipinski definition) is 1. The van der Waals surface area contributed by atoms with Gasteiger partial charge >= 0.3 is 5.97 Å². The van der Waals surface area contributed by atoms with E-state index in [-0.39, 0.29) is 24.3 Å². The summed E-state index contributed by atoms with van der Waals surface area (Å²) in [7, 11) is 0. The van der Waals surface area contributed by atoms with E-state index < -0.39 is 5.97 Å². The number of amides is 1. The van der Waals surface area contributed by atoms with E-state index >= 15 is 0 Å². The van der Waals surface area contributed by atoms with E-state index in [1.807, 2.05) is 19.9 Å². The van der Waals surface area contributed by atoms with Crippen molar-refractivity contribution in [3.05, 3.63) is 35.9 Å². The highest BCUT2D eigenvalue weighted by Gasteiger charge is 2.31. The largest absolute Gasteiger partial charge is 0.481 e. The summed E-state index contributed by atoms with van der Waals surface area (Å²) in [6.07, 6.45) is 3.88. The molecule has 1 aliphatic carbocycles. The van der Waals surface area contributed by atoms with Crippen molar-refractivity contribution in [2.24, 2.45) is 5.92 Å². The predicted molar refractivity (Wildman–Crippen MR) is 90.2 cm³/mol. The van der Waals surface area contributed by atoms with Gasteiger partial charge in [0, 0.05) is 18.5 Å². The van der Waals surface area contributed by atoms with Crippen molar-refractivity contribution >= 4 is 11.9 Å². The van der Waals surface area contributed by atoms with E-state index in [1.54, 1.807) is 4.90 Å². The maximum atomic E-state index is 12.7. The van der Waals surface area contributed by atoms with E-state index in [1.165, 1.54) is 5.56 Å².